The predicted octanol–water partition coefficient (Wildman–Crippen LogP) is 1.76. The highest BCUT2D eigenvalue weighted by Crippen LogP contribution is 2.27. The van der Waals surface area contributed by atoms with Gasteiger partial charge >= 0.3 is 11.9 Å². The molecule has 122 valence electrons. The van der Waals surface area contributed by atoms with Crippen molar-refractivity contribution in [3.8, 4) is 0 Å². The highest BCUT2D eigenvalue weighted by atomic mass is 16.5. The molecule has 6 heteroatoms. The molecule has 2 rings (SSSR count). The van der Waals surface area contributed by atoms with Gasteiger partial charge in [-0.25, -0.2) is 4.79 Å². The van der Waals surface area contributed by atoms with Gasteiger partial charge in [-0.05, 0) is 30.0 Å². The number of carboxylic acid groups (broad SMARTS) is 1. The van der Waals surface area contributed by atoms with Crippen LogP contribution in [0, 0.1) is 11.8 Å². The third kappa shape index (κ3) is 3.97. The number of carbonyl (C=O) groups excluding carboxylic acids is 2. The lowest BCUT2D eigenvalue weighted by Gasteiger charge is -2.26. The monoisotopic (exact) mass is 317 g/mol. The van der Waals surface area contributed by atoms with Crippen LogP contribution in [0.1, 0.15) is 29.3 Å². The minimum Gasteiger partial charge on any atom is -0.478 e. The van der Waals surface area contributed by atoms with Crippen molar-refractivity contribution in [3.05, 3.63) is 47.2 Å². The molecule has 0 radical (unpaired) electrons. The molecule has 2 N–H and O–H groups in total. The van der Waals surface area contributed by atoms with E-state index >= 15 is 0 Å². The highest BCUT2D eigenvalue weighted by molar-refractivity contribution is 6.06. The number of esters is 1. The summed E-state index contributed by atoms with van der Waals surface area (Å²) >= 11 is 0. The minimum absolute atomic E-state index is 0.128. The zero-order valence-corrected chi connectivity index (χ0v) is 13.0. The van der Waals surface area contributed by atoms with Crippen LogP contribution in [0.4, 0.5) is 0 Å². The molecule has 0 fully saturated rings. The van der Waals surface area contributed by atoms with Gasteiger partial charge in [-0.2, -0.15) is 0 Å². The van der Waals surface area contributed by atoms with Crippen LogP contribution in [-0.2, 0) is 20.9 Å². The molecule has 1 aliphatic carbocycles. The molecule has 1 aromatic rings. The fourth-order valence-electron chi connectivity index (χ4n) is 2.64. The first kappa shape index (κ1) is 16.7. The van der Waals surface area contributed by atoms with Gasteiger partial charge in [0, 0.05) is 18.3 Å². The van der Waals surface area contributed by atoms with Gasteiger partial charge in [-0.3, -0.25) is 9.59 Å². The first-order valence-electron chi connectivity index (χ1n) is 7.30. The van der Waals surface area contributed by atoms with E-state index in [4.69, 9.17) is 5.11 Å². The molecule has 0 aliphatic heterocycles. The van der Waals surface area contributed by atoms with Crippen LogP contribution < -0.4 is 5.32 Å². The van der Waals surface area contributed by atoms with E-state index in [9.17, 15) is 14.4 Å². The van der Waals surface area contributed by atoms with Gasteiger partial charge in [0.2, 0.25) is 0 Å². The van der Waals surface area contributed by atoms with Crippen LogP contribution in [0.2, 0.25) is 0 Å². The number of methoxy groups -OCH3 is 1. The normalized spacial score (nSPS) is 20.6. The Morgan fingerprint density at radius 1 is 1.30 bits per heavy atom. The predicted molar refractivity (Wildman–Crippen MR) is 82.6 cm³/mol. The molecule has 23 heavy (non-hydrogen) atoms. The van der Waals surface area contributed by atoms with Gasteiger partial charge in [0.15, 0.2) is 5.78 Å². The molecule has 0 amide bonds. The van der Waals surface area contributed by atoms with Gasteiger partial charge in [-0.15, -0.1) is 0 Å². The van der Waals surface area contributed by atoms with Crippen molar-refractivity contribution in [1.82, 2.24) is 5.32 Å². The van der Waals surface area contributed by atoms with Crippen LogP contribution in [0.25, 0.3) is 0 Å². The average Bonchev–Trinajstić information content (AvgIpc) is 2.52. The van der Waals surface area contributed by atoms with Crippen molar-refractivity contribution in [2.45, 2.75) is 19.9 Å². The van der Waals surface area contributed by atoms with Gasteiger partial charge in [0.1, 0.15) is 5.92 Å². The lowest BCUT2D eigenvalue weighted by molar-refractivity contribution is -0.150. The van der Waals surface area contributed by atoms with Gasteiger partial charge < -0.3 is 15.2 Å². The number of nitrogens with one attached hydrogen (secondary N) is 1. The van der Waals surface area contributed by atoms with Gasteiger partial charge in [0.25, 0.3) is 0 Å². The Bertz CT molecular complexity index is 647. The maximum Gasteiger partial charge on any atom is 0.335 e. The lowest BCUT2D eigenvalue weighted by atomic mass is 9.82. The number of hydrogen-bond acceptors (Lipinski definition) is 5. The second-order valence-electron chi connectivity index (χ2n) is 5.61. The molecule has 6 nitrogen and oxygen atoms in total. The number of carboxylic acids is 1. The van der Waals surface area contributed by atoms with E-state index in [-0.39, 0.29) is 17.3 Å². The van der Waals surface area contributed by atoms with Crippen LogP contribution in [0.5, 0.6) is 0 Å². The summed E-state index contributed by atoms with van der Waals surface area (Å²) in [6, 6.07) is 6.52. The summed E-state index contributed by atoms with van der Waals surface area (Å²) in [5, 5.41) is 12.0. The summed E-state index contributed by atoms with van der Waals surface area (Å²) in [5.41, 5.74) is 1.91. The number of carbonyl (C=O) groups is 3. The Labute approximate surface area is 134 Å². The first-order chi connectivity index (χ1) is 10.9. The Hall–Kier alpha value is -2.63. The fourth-order valence-corrected chi connectivity index (χ4v) is 2.64. The Morgan fingerprint density at radius 3 is 2.48 bits per heavy atom. The number of ether oxygens (including phenoxy) is 1. The molecule has 2 atom stereocenters. The van der Waals surface area contributed by atoms with E-state index < -0.39 is 17.9 Å². The summed E-state index contributed by atoms with van der Waals surface area (Å²) in [4.78, 5) is 34.5. The van der Waals surface area contributed by atoms with E-state index in [0.717, 1.165) is 11.3 Å². The van der Waals surface area contributed by atoms with Crippen molar-refractivity contribution in [2.24, 2.45) is 11.8 Å². The quantitative estimate of drug-likeness (QED) is 0.635. The lowest BCUT2D eigenvalue weighted by Crippen LogP contribution is -2.35. The largest absolute Gasteiger partial charge is 0.478 e. The third-order valence-corrected chi connectivity index (χ3v) is 3.91. The number of rotatable bonds is 5. The number of aromatic carboxylic acids is 1. The fraction of sp³-hybridized carbons (Fsp3) is 0.353. The summed E-state index contributed by atoms with van der Waals surface area (Å²) in [6.07, 6.45) is 2.03. The molecular formula is C17H19NO5. The highest BCUT2D eigenvalue weighted by Gasteiger charge is 2.35. The number of hydrogen-bond donors (Lipinski definition) is 2. The summed E-state index contributed by atoms with van der Waals surface area (Å²) in [6.45, 7) is 2.32. The van der Waals surface area contributed by atoms with Crippen LogP contribution in [0.15, 0.2) is 36.0 Å². The number of allylic oxidation sites excluding steroid dienone is 2. The molecule has 0 aromatic heterocycles. The van der Waals surface area contributed by atoms with Crippen LogP contribution in [-0.4, -0.2) is 29.9 Å². The minimum atomic E-state index is -0.965. The van der Waals surface area contributed by atoms with E-state index in [1.807, 2.05) is 6.92 Å². The summed E-state index contributed by atoms with van der Waals surface area (Å²) in [5.74, 6) is -2.58. The number of ketones is 1. The molecule has 0 bridgehead atoms. The molecule has 0 heterocycles. The molecule has 0 saturated heterocycles. The van der Waals surface area contributed by atoms with E-state index in [2.05, 4.69) is 10.1 Å². The van der Waals surface area contributed by atoms with Crippen LogP contribution in [0.3, 0.4) is 0 Å². The molecule has 0 spiro atoms. The molecule has 0 unspecified atom stereocenters. The van der Waals surface area contributed by atoms with Crippen molar-refractivity contribution in [3.63, 3.8) is 0 Å². The van der Waals surface area contributed by atoms with Crippen molar-refractivity contribution in [2.75, 3.05) is 7.11 Å². The zero-order chi connectivity index (χ0) is 17.0. The molecule has 1 aromatic carbocycles. The molecular weight excluding hydrogens is 298 g/mol. The van der Waals surface area contributed by atoms with Crippen LogP contribution >= 0.6 is 0 Å². The second-order valence-corrected chi connectivity index (χ2v) is 5.61. The zero-order valence-electron chi connectivity index (χ0n) is 13.0. The number of benzene rings is 1. The Balaban J connectivity index is 2.00. The second kappa shape index (κ2) is 7.09. The Kier molecular flexibility index (Phi) is 5.16. The van der Waals surface area contributed by atoms with E-state index in [1.165, 1.54) is 25.3 Å². The first-order valence-corrected chi connectivity index (χ1v) is 7.30. The van der Waals surface area contributed by atoms with Crippen molar-refractivity contribution in [1.29, 1.82) is 0 Å². The SMILES string of the molecule is COC(=O)[C@@H]1C(=O)C=C(NCc2ccc(C(=O)O)cc2)C[C@H]1C. The smallest absolute Gasteiger partial charge is 0.335 e. The van der Waals surface area contributed by atoms with E-state index in [0.29, 0.717) is 13.0 Å². The summed E-state index contributed by atoms with van der Waals surface area (Å²) in [7, 11) is 1.28. The Morgan fingerprint density at radius 2 is 1.96 bits per heavy atom. The van der Waals surface area contributed by atoms with Gasteiger partial charge in [-0.1, -0.05) is 19.1 Å². The van der Waals surface area contributed by atoms with Crippen molar-refractivity contribution >= 4 is 17.7 Å². The third-order valence-electron chi connectivity index (χ3n) is 3.91. The topological polar surface area (TPSA) is 92.7 Å². The molecule has 0 saturated carbocycles. The van der Waals surface area contributed by atoms with Crippen molar-refractivity contribution < 1.29 is 24.2 Å². The van der Waals surface area contributed by atoms with E-state index in [1.54, 1.807) is 12.1 Å². The average molecular weight is 317 g/mol. The molecule has 1 aliphatic rings. The standard InChI is InChI=1S/C17H19NO5/c1-10-7-13(8-14(19)15(10)17(22)23-2)18-9-11-3-5-12(6-4-11)16(20)21/h3-6,8,10,15,18H,7,9H2,1-2H3,(H,20,21)/t10-,15+/m1/s1. The van der Waals surface area contributed by atoms with Gasteiger partial charge in [0.05, 0.1) is 12.7 Å². The maximum absolute atomic E-state index is 12.1. The summed E-state index contributed by atoms with van der Waals surface area (Å²) < 4.78 is 4.67. The maximum atomic E-state index is 12.1.